The third-order valence-electron chi connectivity index (χ3n) is 5.87. The molecule has 0 saturated heterocycles. The van der Waals surface area contributed by atoms with Crippen molar-refractivity contribution in [1.82, 2.24) is 44.5 Å². The molecule has 2 atom stereocenters. The van der Waals surface area contributed by atoms with Gasteiger partial charge in [-0.1, -0.05) is 0 Å². The van der Waals surface area contributed by atoms with Crippen molar-refractivity contribution >= 4 is 9.84 Å². The van der Waals surface area contributed by atoms with E-state index >= 15 is 0 Å². The summed E-state index contributed by atoms with van der Waals surface area (Å²) in [5.41, 5.74) is 1.82. The highest BCUT2D eigenvalue weighted by atomic mass is 32.2. The first kappa shape index (κ1) is 28.0. The molecule has 0 aliphatic rings. The largest absolute Gasteiger partial charge is 0.479 e. The summed E-state index contributed by atoms with van der Waals surface area (Å²) in [7, 11) is 0.714. The minimum Gasteiger partial charge on any atom is -0.479 e. The van der Waals surface area contributed by atoms with Crippen molar-refractivity contribution in [3.05, 3.63) is 48.2 Å². The zero-order chi connectivity index (χ0) is 28.3. The van der Waals surface area contributed by atoms with Crippen LogP contribution >= 0.6 is 0 Å². The smallest absolute Gasteiger partial charge is 0.245 e. The van der Waals surface area contributed by atoms with Crippen LogP contribution in [0.4, 0.5) is 0 Å². The zero-order valence-electron chi connectivity index (χ0n) is 22.8. The lowest BCUT2D eigenvalue weighted by atomic mass is 10.2. The maximum Gasteiger partial charge on any atom is 0.245 e. The first-order valence-electron chi connectivity index (χ1n) is 12.1. The van der Waals surface area contributed by atoms with Gasteiger partial charge in [-0.25, -0.2) is 8.42 Å². The van der Waals surface area contributed by atoms with Crippen molar-refractivity contribution in [2.24, 2.45) is 7.05 Å². The monoisotopic (exact) mass is 557 g/mol. The standard InChI is InChI=1S/C24H31N9O5S/c1-14(2)38-21(18-11-25-15(3)10-26-18)16(4)39(34,35)12-19-29-30-22(17-8-9-32(5)31-17)33(19)20-23(36-6)27-13-28-24(20)37-7/h8-11,13-14,16,21H,12H2,1-7H3/t16-,21+/m0/s1. The van der Waals surface area contributed by atoms with Gasteiger partial charge in [0.1, 0.15) is 23.9 Å². The van der Waals surface area contributed by atoms with Crippen LogP contribution in [-0.2, 0) is 27.4 Å². The van der Waals surface area contributed by atoms with Gasteiger partial charge in [-0.2, -0.15) is 15.1 Å². The molecule has 14 nitrogen and oxygen atoms in total. The fourth-order valence-electron chi connectivity index (χ4n) is 3.95. The van der Waals surface area contributed by atoms with E-state index in [1.807, 2.05) is 13.8 Å². The summed E-state index contributed by atoms with van der Waals surface area (Å²) in [4.78, 5) is 17.0. The van der Waals surface area contributed by atoms with E-state index in [0.717, 1.165) is 0 Å². The second-order valence-corrected chi connectivity index (χ2v) is 11.4. The van der Waals surface area contributed by atoms with Gasteiger partial charge in [-0.05, 0) is 33.8 Å². The molecule has 0 amide bonds. The average Bonchev–Trinajstić information content (AvgIpc) is 3.52. The van der Waals surface area contributed by atoms with Gasteiger partial charge in [0.15, 0.2) is 27.2 Å². The highest BCUT2D eigenvalue weighted by Crippen LogP contribution is 2.34. The second kappa shape index (κ2) is 11.4. The lowest BCUT2D eigenvalue weighted by molar-refractivity contribution is 0.00382. The molecule has 0 spiro atoms. The van der Waals surface area contributed by atoms with Crippen LogP contribution in [0.1, 0.15) is 44.1 Å². The van der Waals surface area contributed by atoms with Crippen molar-refractivity contribution in [3.8, 4) is 29.0 Å². The number of nitrogens with zero attached hydrogens (tertiary/aromatic N) is 9. The molecule has 0 aliphatic carbocycles. The molecule has 0 radical (unpaired) electrons. The molecular formula is C24H31N9O5S. The Morgan fingerprint density at radius 1 is 0.974 bits per heavy atom. The zero-order valence-corrected chi connectivity index (χ0v) is 23.6. The number of rotatable bonds is 11. The Balaban J connectivity index is 1.83. The van der Waals surface area contributed by atoms with E-state index in [4.69, 9.17) is 14.2 Å². The Kier molecular flexibility index (Phi) is 8.20. The molecule has 4 aromatic heterocycles. The minimum atomic E-state index is -3.91. The molecule has 0 bridgehead atoms. The molecule has 208 valence electrons. The van der Waals surface area contributed by atoms with Crippen molar-refractivity contribution in [1.29, 1.82) is 0 Å². The van der Waals surface area contributed by atoms with Crippen molar-refractivity contribution < 1.29 is 22.6 Å². The Morgan fingerprint density at radius 2 is 1.67 bits per heavy atom. The first-order chi connectivity index (χ1) is 18.6. The van der Waals surface area contributed by atoms with E-state index in [9.17, 15) is 8.42 Å². The van der Waals surface area contributed by atoms with Crippen LogP contribution in [0.15, 0.2) is 31.0 Å². The van der Waals surface area contributed by atoms with Crippen molar-refractivity contribution in [2.45, 2.75) is 50.9 Å². The van der Waals surface area contributed by atoms with E-state index in [1.165, 1.54) is 31.3 Å². The molecule has 0 saturated carbocycles. The molecule has 0 N–H and O–H groups in total. The van der Waals surface area contributed by atoms with E-state index < -0.39 is 26.9 Å². The van der Waals surface area contributed by atoms with E-state index in [1.54, 1.807) is 44.0 Å². The summed E-state index contributed by atoms with van der Waals surface area (Å²) >= 11 is 0. The third kappa shape index (κ3) is 5.88. The van der Waals surface area contributed by atoms with Gasteiger partial charge in [-0.3, -0.25) is 19.2 Å². The van der Waals surface area contributed by atoms with E-state index in [0.29, 0.717) is 17.1 Å². The van der Waals surface area contributed by atoms with Gasteiger partial charge in [-0.15, -0.1) is 10.2 Å². The number of ether oxygens (including phenoxy) is 3. The van der Waals surface area contributed by atoms with Crippen LogP contribution in [0, 0.1) is 6.92 Å². The SMILES string of the molecule is COc1ncnc(OC)c1-n1c(CS(=O)(=O)[C@@H](C)[C@@H](OC(C)C)c2cnc(C)cn2)nnc1-c1ccn(C)n1. The molecule has 4 rings (SSSR count). The summed E-state index contributed by atoms with van der Waals surface area (Å²) in [6, 6.07) is 1.73. The van der Waals surface area contributed by atoms with Gasteiger partial charge in [0.25, 0.3) is 0 Å². The van der Waals surface area contributed by atoms with Crippen LogP contribution in [-0.4, -0.2) is 78.5 Å². The van der Waals surface area contributed by atoms with Gasteiger partial charge < -0.3 is 14.2 Å². The van der Waals surface area contributed by atoms with Crippen molar-refractivity contribution in [3.63, 3.8) is 0 Å². The van der Waals surface area contributed by atoms with Crippen LogP contribution in [0.2, 0.25) is 0 Å². The Hall–Kier alpha value is -3.98. The molecule has 39 heavy (non-hydrogen) atoms. The number of aromatic nitrogens is 9. The first-order valence-corrected chi connectivity index (χ1v) is 13.8. The highest BCUT2D eigenvalue weighted by molar-refractivity contribution is 7.91. The predicted octanol–water partition coefficient (Wildman–Crippen LogP) is 2.04. The van der Waals surface area contributed by atoms with Gasteiger partial charge in [0, 0.05) is 19.4 Å². The number of hydrogen-bond donors (Lipinski definition) is 0. The maximum absolute atomic E-state index is 13.9. The van der Waals surface area contributed by atoms with E-state index in [2.05, 4.69) is 35.2 Å². The summed E-state index contributed by atoms with van der Waals surface area (Å²) in [5.74, 6) is 0.140. The molecule has 0 fully saturated rings. The topological polar surface area (TPSA) is 162 Å². The molecule has 4 aromatic rings. The van der Waals surface area contributed by atoms with Crippen molar-refractivity contribution in [2.75, 3.05) is 14.2 Å². The lowest BCUT2D eigenvalue weighted by Crippen LogP contribution is -2.31. The Labute approximate surface area is 226 Å². The molecule has 0 aromatic carbocycles. The minimum absolute atomic E-state index is 0.0900. The Morgan fingerprint density at radius 3 is 2.21 bits per heavy atom. The summed E-state index contributed by atoms with van der Waals surface area (Å²) < 4.78 is 47.8. The van der Waals surface area contributed by atoms with Gasteiger partial charge >= 0.3 is 0 Å². The normalized spacial score (nSPS) is 13.4. The molecule has 4 heterocycles. The highest BCUT2D eigenvalue weighted by Gasteiger charge is 2.36. The summed E-state index contributed by atoms with van der Waals surface area (Å²) in [6.07, 6.45) is 5.01. The molecule has 0 aliphatic heterocycles. The van der Waals surface area contributed by atoms with Gasteiger partial charge in [0.2, 0.25) is 11.8 Å². The summed E-state index contributed by atoms with van der Waals surface area (Å²) in [5, 5.41) is 11.9. The quantitative estimate of drug-likeness (QED) is 0.264. The number of hydrogen-bond acceptors (Lipinski definition) is 12. The molecular weight excluding hydrogens is 526 g/mol. The van der Waals surface area contributed by atoms with Crippen LogP contribution in [0.5, 0.6) is 11.8 Å². The van der Waals surface area contributed by atoms with Crippen LogP contribution < -0.4 is 9.47 Å². The number of methoxy groups -OCH3 is 2. The predicted molar refractivity (Wildman–Crippen MR) is 140 cm³/mol. The number of sulfone groups is 1. The number of aryl methyl sites for hydroxylation is 2. The Bertz CT molecular complexity index is 1510. The summed E-state index contributed by atoms with van der Waals surface area (Å²) in [6.45, 7) is 7.05. The molecule has 0 unspecified atom stereocenters. The maximum atomic E-state index is 13.9. The lowest BCUT2D eigenvalue weighted by Gasteiger charge is -2.26. The third-order valence-corrected chi connectivity index (χ3v) is 7.91. The average molecular weight is 558 g/mol. The van der Waals surface area contributed by atoms with E-state index in [-0.39, 0.29) is 35.2 Å². The van der Waals surface area contributed by atoms with Crippen LogP contribution in [0.25, 0.3) is 17.2 Å². The molecule has 15 heteroatoms. The second-order valence-electron chi connectivity index (χ2n) is 9.09. The fourth-order valence-corrected chi connectivity index (χ4v) is 5.34. The van der Waals surface area contributed by atoms with Gasteiger partial charge in [0.05, 0.1) is 43.2 Å². The van der Waals surface area contributed by atoms with Crippen LogP contribution in [0.3, 0.4) is 0 Å². The fraction of sp³-hybridized carbons (Fsp3) is 0.458.